The third-order valence-corrected chi connectivity index (χ3v) is 5.30. The van der Waals surface area contributed by atoms with Gasteiger partial charge in [-0.05, 0) is 58.7 Å². The van der Waals surface area contributed by atoms with Gasteiger partial charge in [-0.15, -0.1) is 0 Å². The van der Waals surface area contributed by atoms with E-state index in [1.165, 1.54) is 24.4 Å². The number of halogens is 2. The summed E-state index contributed by atoms with van der Waals surface area (Å²) in [4.78, 5) is 24.0. The van der Waals surface area contributed by atoms with Gasteiger partial charge in [-0.25, -0.2) is 9.82 Å². The number of nitriles is 1. The molecule has 0 fully saturated rings. The molecule has 0 aromatic heterocycles. The van der Waals surface area contributed by atoms with Crippen molar-refractivity contribution in [2.45, 2.75) is 20.0 Å². The van der Waals surface area contributed by atoms with Gasteiger partial charge in [-0.3, -0.25) is 9.59 Å². The molecule has 36 heavy (non-hydrogen) atoms. The van der Waals surface area contributed by atoms with E-state index in [1.807, 2.05) is 19.1 Å². The Balaban J connectivity index is 1.63. The minimum atomic E-state index is -0.673. The first-order valence-electron chi connectivity index (χ1n) is 10.8. The van der Waals surface area contributed by atoms with Crippen LogP contribution in [0.1, 0.15) is 30.0 Å². The van der Waals surface area contributed by atoms with Gasteiger partial charge in [0.15, 0.2) is 11.5 Å². The number of ether oxygens (including phenoxy) is 2. The Labute approximate surface area is 215 Å². The van der Waals surface area contributed by atoms with E-state index in [9.17, 15) is 19.2 Å². The number of carbonyl (C=O) groups is 2. The zero-order valence-electron chi connectivity index (χ0n) is 19.3. The molecule has 3 aromatic rings. The van der Waals surface area contributed by atoms with Crippen LogP contribution < -0.4 is 20.2 Å². The van der Waals surface area contributed by atoms with E-state index < -0.39 is 24.1 Å². The summed E-state index contributed by atoms with van der Waals surface area (Å²) in [5, 5.41) is 15.5. The Morgan fingerprint density at radius 3 is 2.61 bits per heavy atom. The molecule has 0 aliphatic heterocycles. The number of hydrazone groups is 1. The van der Waals surface area contributed by atoms with Crippen LogP contribution in [0.3, 0.4) is 0 Å². The number of hydrogen-bond acceptors (Lipinski definition) is 6. The molecule has 0 spiro atoms. The summed E-state index contributed by atoms with van der Waals surface area (Å²) in [6.45, 7) is 2.38. The van der Waals surface area contributed by atoms with Crippen molar-refractivity contribution in [3.8, 4) is 17.6 Å². The standard InChI is InChI=1S/C26H22BrFN4O4/c1-2-35-23-12-17(11-20(27)26(23)36-16-19-8-4-3-7-18(19)14-29)15-30-32-25(34)13-24(33)31-22-10-6-5-9-21(22)28/h3-12,15H,2,13,16H2,1H3,(H,31,33)(H,32,34). The highest BCUT2D eigenvalue weighted by Crippen LogP contribution is 2.37. The van der Waals surface area contributed by atoms with Gasteiger partial charge >= 0.3 is 0 Å². The molecule has 0 saturated carbocycles. The lowest BCUT2D eigenvalue weighted by Crippen LogP contribution is -2.24. The quantitative estimate of drug-likeness (QED) is 0.210. The van der Waals surface area contributed by atoms with Crippen LogP contribution in [0.4, 0.5) is 10.1 Å². The van der Waals surface area contributed by atoms with Gasteiger partial charge < -0.3 is 14.8 Å². The number of anilines is 1. The summed E-state index contributed by atoms with van der Waals surface area (Å²) in [6, 6.07) is 18.3. The molecule has 0 bridgehead atoms. The number of amides is 2. The monoisotopic (exact) mass is 552 g/mol. The Morgan fingerprint density at radius 1 is 1.11 bits per heavy atom. The van der Waals surface area contributed by atoms with Crippen molar-refractivity contribution >= 4 is 39.6 Å². The van der Waals surface area contributed by atoms with Crippen LogP contribution in [0, 0.1) is 17.1 Å². The highest BCUT2D eigenvalue weighted by molar-refractivity contribution is 9.10. The first kappa shape index (κ1) is 26.4. The third kappa shape index (κ3) is 7.38. The summed E-state index contributed by atoms with van der Waals surface area (Å²) in [5.74, 6) is -1.04. The number of nitrogens with one attached hydrogen (secondary N) is 2. The van der Waals surface area contributed by atoms with Crippen LogP contribution in [-0.4, -0.2) is 24.6 Å². The zero-order chi connectivity index (χ0) is 25.9. The molecule has 0 aliphatic rings. The van der Waals surface area contributed by atoms with E-state index in [2.05, 4.69) is 37.8 Å². The van der Waals surface area contributed by atoms with E-state index in [-0.39, 0.29) is 12.3 Å². The smallest absolute Gasteiger partial charge is 0.249 e. The van der Waals surface area contributed by atoms with Crippen molar-refractivity contribution in [3.63, 3.8) is 0 Å². The first-order valence-corrected chi connectivity index (χ1v) is 11.6. The van der Waals surface area contributed by atoms with E-state index in [1.54, 1.807) is 30.3 Å². The molecule has 184 valence electrons. The van der Waals surface area contributed by atoms with E-state index in [4.69, 9.17) is 9.47 Å². The van der Waals surface area contributed by atoms with E-state index in [0.717, 1.165) is 5.56 Å². The molecule has 10 heteroatoms. The lowest BCUT2D eigenvalue weighted by molar-refractivity contribution is -0.126. The van der Waals surface area contributed by atoms with E-state index in [0.29, 0.717) is 33.7 Å². The minimum absolute atomic E-state index is 0.00877. The summed E-state index contributed by atoms with van der Waals surface area (Å²) >= 11 is 3.47. The van der Waals surface area contributed by atoms with Crippen LogP contribution in [0.2, 0.25) is 0 Å². The maximum Gasteiger partial charge on any atom is 0.249 e. The predicted octanol–water partition coefficient (Wildman–Crippen LogP) is 4.92. The van der Waals surface area contributed by atoms with Gasteiger partial charge in [0.2, 0.25) is 11.8 Å². The molecular formula is C26H22BrFN4O4. The molecule has 8 nitrogen and oxygen atoms in total. The molecule has 3 aromatic carbocycles. The van der Waals surface area contributed by atoms with Crippen LogP contribution in [0.15, 0.2) is 70.2 Å². The molecule has 2 N–H and O–H groups in total. The van der Waals surface area contributed by atoms with Gasteiger partial charge in [-0.2, -0.15) is 10.4 Å². The van der Waals surface area contributed by atoms with Crippen molar-refractivity contribution in [2.75, 3.05) is 11.9 Å². The summed E-state index contributed by atoms with van der Waals surface area (Å²) in [5.41, 5.74) is 4.11. The average molecular weight is 553 g/mol. The van der Waals surface area contributed by atoms with E-state index >= 15 is 0 Å². The summed E-state index contributed by atoms with van der Waals surface area (Å²) < 4.78 is 25.8. The maximum absolute atomic E-state index is 13.6. The molecule has 0 unspecified atom stereocenters. The summed E-state index contributed by atoms with van der Waals surface area (Å²) in [6.07, 6.45) is 0.852. The van der Waals surface area contributed by atoms with Crippen molar-refractivity contribution in [1.82, 2.24) is 5.43 Å². The first-order chi connectivity index (χ1) is 17.4. The van der Waals surface area contributed by atoms with Crippen molar-refractivity contribution in [3.05, 3.63) is 87.6 Å². The fourth-order valence-electron chi connectivity index (χ4n) is 3.09. The Morgan fingerprint density at radius 2 is 1.86 bits per heavy atom. The van der Waals surface area contributed by atoms with Gasteiger partial charge in [0.1, 0.15) is 18.8 Å². The number of hydrogen-bond donors (Lipinski definition) is 2. The third-order valence-electron chi connectivity index (χ3n) is 4.71. The molecule has 0 aliphatic carbocycles. The SMILES string of the molecule is CCOc1cc(C=NNC(=O)CC(=O)Nc2ccccc2F)cc(Br)c1OCc1ccccc1C#N. The molecular weight excluding hydrogens is 531 g/mol. The number of rotatable bonds is 10. The minimum Gasteiger partial charge on any atom is -0.490 e. The number of carbonyl (C=O) groups excluding carboxylic acids is 2. The van der Waals surface area contributed by atoms with Crippen LogP contribution in [0.5, 0.6) is 11.5 Å². The fourth-order valence-corrected chi connectivity index (χ4v) is 3.67. The Bertz CT molecular complexity index is 1320. The molecule has 2 amide bonds. The zero-order valence-corrected chi connectivity index (χ0v) is 20.8. The topological polar surface area (TPSA) is 113 Å². The van der Waals surface area contributed by atoms with Gasteiger partial charge in [0.25, 0.3) is 0 Å². The van der Waals surface area contributed by atoms with Gasteiger partial charge in [0.05, 0.1) is 34.6 Å². The fraction of sp³-hybridized carbons (Fsp3) is 0.154. The van der Waals surface area contributed by atoms with Crippen molar-refractivity contribution in [1.29, 1.82) is 5.26 Å². The largest absolute Gasteiger partial charge is 0.490 e. The second kappa shape index (κ2) is 13.0. The average Bonchev–Trinajstić information content (AvgIpc) is 2.85. The Hall–Kier alpha value is -4.23. The van der Waals surface area contributed by atoms with Crippen LogP contribution >= 0.6 is 15.9 Å². The van der Waals surface area contributed by atoms with Crippen molar-refractivity contribution in [2.24, 2.45) is 5.10 Å². The van der Waals surface area contributed by atoms with Crippen molar-refractivity contribution < 1.29 is 23.5 Å². The van der Waals surface area contributed by atoms with Gasteiger partial charge in [0, 0.05) is 5.56 Å². The molecule has 3 rings (SSSR count). The molecule has 0 atom stereocenters. The second-order valence-corrected chi connectivity index (χ2v) is 8.17. The second-order valence-electron chi connectivity index (χ2n) is 7.32. The summed E-state index contributed by atoms with van der Waals surface area (Å²) in [7, 11) is 0. The number of benzene rings is 3. The lowest BCUT2D eigenvalue weighted by Gasteiger charge is -2.15. The Kier molecular flexibility index (Phi) is 9.54. The number of nitrogens with zero attached hydrogens (tertiary/aromatic N) is 2. The highest BCUT2D eigenvalue weighted by Gasteiger charge is 2.14. The lowest BCUT2D eigenvalue weighted by atomic mass is 10.1. The highest BCUT2D eigenvalue weighted by atomic mass is 79.9. The molecule has 0 saturated heterocycles. The molecule has 0 heterocycles. The van der Waals surface area contributed by atoms with Crippen LogP contribution in [0.25, 0.3) is 0 Å². The number of para-hydroxylation sites is 1. The maximum atomic E-state index is 13.6. The predicted molar refractivity (Wildman–Crippen MR) is 136 cm³/mol. The van der Waals surface area contributed by atoms with Crippen LogP contribution in [-0.2, 0) is 16.2 Å². The normalized spacial score (nSPS) is 10.5. The molecule has 0 radical (unpaired) electrons. The van der Waals surface area contributed by atoms with Gasteiger partial charge in [-0.1, -0.05) is 30.3 Å².